The first-order valence-electron chi connectivity index (χ1n) is 7.05. The van der Waals surface area contributed by atoms with Crippen LogP contribution in [-0.2, 0) is 6.54 Å². The summed E-state index contributed by atoms with van der Waals surface area (Å²) in [4.78, 5) is 2.34. The number of likely N-dealkylation sites (tertiary alicyclic amines) is 1. The van der Waals surface area contributed by atoms with Gasteiger partial charge in [0, 0.05) is 36.3 Å². The van der Waals surface area contributed by atoms with Crippen LogP contribution < -0.4 is 5.73 Å². The molecule has 3 rings (SSSR count). The third kappa shape index (κ3) is 3.28. The number of hydrogen-bond donors (Lipinski definition) is 1. The van der Waals surface area contributed by atoms with Crippen LogP contribution in [0.25, 0.3) is 0 Å². The summed E-state index contributed by atoms with van der Waals surface area (Å²) in [6, 6.07) is 5.28. The molecule has 112 valence electrons. The van der Waals surface area contributed by atoms with E-state index in [0.717, 1.165) is 25.1 Å². The minimum Gasteiger partial charge on any atom is -0.327 e. The molecule has 0 amide bonds. The van der Waals surface area contributed by atoms with Crippen LogP contribution >= 0.6 is 24.0 Å². The third-order valence-electron chi connectivity index (χ3n) is 4.64. The van der Waals surface area contributed by atoms with Crippen molar-refractivity contribution in [2.45, 2.75) is 31.8 Å². The Bertz CT molecular complexity index is 469. The molecular formula is C15H21Cl2FN2. The van der Waals surface area contributed by atoms with E-state index in [2.05, 4.69) is 4.90 Å². The molecule has 1 aliphatic carbocycles. The van der Waals surface area contributed by atoms with Crippen LogP contribution in [0.5, 0.6) is 0 Å². The summed E-state index contributed by atoms with van der Waals surface area (Å²) >= 11 is 5.78. The Morgan fingerprint density at radius 3 is 2.80 bits per heavy atom. The highest BCUT2D eigenvalue weighted by atomic mass is 35.5. The monoisotopic (exact) mass is 318 g/mol. The van der Waals surface area contributed by atoms with Gasteiger partial charge in [-0.05, 0) is 36.8 Å². The zero-order chi connectivity index (χ0) is 13.4. The van der Waals surface area contributed by atoms with Crippen LogP contribution in [0, 0.1) is 17.7 Å². The molecule has 1 saturated carbocycles. The molecule has 1 aromatic carbocycles. The van der Waals surface area contributed by atoms with Crippen molar-refractivity contribution >= 4 is 24.0 Å². The molecule has 0 bridgehead atoms. The van der Waals surface area contributed by atoms with Crippen LogP contribution in [0.15, 0.2) is 18.2 Å². The van der Waals surface area contributed by atoms with Crippen molar-refractivity contribution in [3.63, 3.8) is 0 Å². The summed E-state index contributed by atoms with van der Waals surface area (Å²) in [6.07, 6.45) is 3.66. The molecule has 2 aliphatic rings. The minimum atomic E-state index is -0.202. The van der Waals surface area contributed by atoms with Gasteiger partial charge in [0.05, 0.1) is 0 Å². The van der Waals surface area contributed by atoms with Crippen LogP contribution in [0.4, 0.5) is 4.39 Å². The minimum absolute atomic E-state index is 0. The molecule has 3 atom stereocenters. The van der Waals surface area contributed by atoms with E-state index in [1.807, 2.05) is 0 Å². The van der Waals surface area contributed by atoms with Crippen molar-refractivity contribution in [2.75, 3.05) is 13.1 Å². The van der Waals surface area contributed by atoms with Crippen molar-refractivity contribution in [3.8, 4) is 0 Å². The van der Waals surface area contributed by atoms with E-state index in [1.54, 1.807) is 12.1 Å². The standard InChI is InChI=1S/C15H20ClFN2.ClH/c16-12-5-4-11(14(17)6-12)8-19-7-10-2-1-3-15(18)13(10)9-19;/h4-6,10,13,15H,1-3,7-9,18H2;1H. The van der Waals surface area contributed by atoms with Gasteiger partial charge in [0.2, 0.25) is 0 Å². The lowest BCUT2D eigenvalue weighted by molar-refractivity contribution is 0.259. The molecule has 1 aromatic rings. The maximum Gasteiger partial charge on any atom is 0.129 e. The fraction of sp³-hybridized carbons (Fsp3) is 0.600. The highest BCUT2D eigenvalue weighted by Gasteiger charge is 2.38. The molecule has 1 aliphatic heterocycles. The second-order valence-corrected chi connectivity index (χ2v) is 6.38. The van der Waals surface area contributed by atoms with Crippen LogP contribution in [-0.4, -0.2) is 24.0 Å². The van der Waals surface area contributed by atoms with E-state index < -0.39 is 0 Å². The molecule has 2 N–H and O–H groups in total. The SMILES string of the molecule is Cl.NC1CCCC2CN(Cc3ccc(Cl)cc3F)CC12. The summed E-state index contributed by atoms with van der Waals surface area (Å²) in [7, 11) is 0. The number of nitrogens with zero attached hydrogens (tertiary/aromatic N) is 1. The zero-order valence-electron chi connectivity index (χ0n) is 11.4. The number of rotatable bonds is 2. The largest absolute Gasteiger partial charge is 0.327 e. The van der Waals surface area contributed by atoms with E-state index in [9.17, 15) is 4.39 Å². The van der Waals surface area contributed by atoms with Crippen LogP contribution in [0.1, 0.15) is 24.8 Å². The molecule has 0 aromatic heterocycles. The van der Waals surface area contributed by atoms with Gasteiger partial charge in [0.25, 0.3) is 0 Å². The van der Waals surface area contributed by atoms with Crippen molar-refractivity contribution in [3.05, 3.63) is 34.6 Å². The predicted molar refractivity (Wildman–Crippen MR) is 82.7 cm³/mol. The lowest BCUT2D eigenvalue weighted by Gasteiger charge is -2.29. The molecule has 3 unspecified atom stereocenters. The van der Waals surface area contributed by atoms with Crippen molar-refractivity contribution < 1.29 is 4.39 Å². The molecule has 5 heteroatoms. The van der Waals surface area contributed by atoms with E-state index in [1.165, 1.54) is 18.9 Å². The quantitative estimate of drug-likeness (QED) is 0.904. The lowest BCUT2D eigenvalue weighted by Crippen LogP contribution is -2.38. The second-order valence-electron chi connectivity index (χ2n) is 5.95. The van der Waals surface area contributed by atoms with Gasteiger partial charge in [0.1, 0.15) is 5.82 Å². The third-order valence-corrected chi connectivity index (χ3v) is 4.87. The van der Waals surface area contributed by atoms with Gasteiger partial charge in [-0.2, -0.15) is 0 Å². The Morgan fingerprint density at radius 1 is 1.30 bits per heavy atom. The van der Waals surface area contributed by atoms with E-state index in [-0.39, 0.29) is 18.2 Å². The molecule has 0 radical (unpaired) electrons. The van der Waals surface area contributed by atoms with Gasteiger partial charge in [-0.15, -0.1) is 12.4 Å². The number of hydrogen-bond acceptors (Lipinski definition) is 2. The fourth-order valence-electron chi connectivity index (χ4n) is 3.63. The van der Waals surface area contributed by atoms with Gasteiger partial charge in [-0.1, -0.05) is 24.1 Å². The first kappa shape index (κ1) is 16.0. The van der Waals surface area contributed by atoms with Gasteiger partial charge in [0.15, 0.2) is 0 Å². The number of halogens is 3. The van der Waals surface area contributed by atoms with Gasteiger partial charge in [-0.25, -0.2) is 4.39 Å². The maximum absolute atomic E-state index is 13.8. The number of nitrogens with two attached hydrogens (primary N) is 1. The molecule has 1 saturated heterocycles. The number of benzene rings is 1. The summed E-state index contributed by atoms with van der Waals surface area (Å²) in [5.41, 5.74) is 6.94. The molecule has 20 heavy (non-hydrogen) atoms. The van der Waals surface area contributed by atoms with Crippen molar-refractivity contribution in [1.82, 2.24) is 4.90 Å². The summed E-state index contributed by atoms with van der Waals surface area (Å²) in [5, 5.41) is 0.457. The highest BCUT2D eigenvalue weighted by Crippen LogP contribution is 2.36. The lowest BCUT2D eigenvalue weighted by atomic mass is 9.78. The Hall–Kier alpha value is -0.350. The van der Waals surface area contributed by atoms with Crippen molar-refractivity contribution in [2.24, 2.45) is 17.6 Å². The summed E-state index contributed by atoms with van der Waals surface area (Å²) in [6.45, 7) is 2.73. The van der Waals surface area contributed by atoms with E-state index >= 15 is 0 Å². The van der Waals surface area contributed by atoms with E-state index in [4.69, 9.17) is 17.3 Å². The average molecular weight is 319 g/mol. The average Bonchev–Trinajstić information content (AvgIpc) is 2.77. The Balaban J connectivity index is 0.00000147. The molecule has 2 fully saturated rings. The second kappa shape index (κ2) is 6.61. The molecule has 0 spiro atoms. The topological polar surface area (TPSA) is 29.3 Å². The van der Waals surface area contributed by atoms with Gasteiger partial charge < -0.3 is 5.73 Å². The van der Waals surface area contributed by atoms with Crippen molar-refractivity contribution in [1.29, 1.82) is 0 Å². The van der Waals surface area contributed by atoms with E-state index in [0.29, 0.717) is 29.4 Å². The number of fused-ring (bicyclic) bond motifs is 1. The highest BCUT2D eigenvalue weighted by molar-refractivity contribution is 6.30. The molecule has 1 heterocycles. The zero-order valence-corrected chi connectivity index (χ0v) is 13.0. The summed E-state index contributed by atoms with van der Waals surface area (Å²) in [5.74, 6) is 1.11. The van der Waals surface area contributed by atoms with Crippen LogP contribution in [0.2, 0.25) is 5.02 Å². The molecule has 2 nitrogen and oxygen atoms in total. The van der Waals surface area contributed by atoms with Gasteiger partial charge >= 0.3 is 0 Å². The van der Waals surface area contributed by atoms with Crippen LogP contribution in [0.3, 0.4) is 0 Å². The fourth-order valence-corrected chi connectivity index (χ4v) is 3.79. The molecular weight excluding hydrogens is 298 g/mol. The predicted octanol–water partition coefficient (Wildman–Crippen LogP) is 3.46. The first-order valence-corrected chi connectivity index (χ1v) is 7.43. The Kier molecular flexibility index (Phi) is 5.30. The Labute approximate surface area is 130 Å². The first-order chi connectivity index (χ1) is 9.13. The smallest absolute Gasteiger partial charge is 0.129 e. The Morgan fingerprint density at radius 2 is 2.10 bits per heavy atom. The van der Waals surface area contributed by atoms with Gasteiger partial charge in [-0.3, -0.25) is 4.90 Å². The normalized spacial score (nSPS) is 29.9. The maximum atomic E-state index is 13.8. The summed E-state index contributed by atoms with van der Waals surface area (Å²) < 4.78 is 13.8.